The quantitative estimate of drug-likeness (QED) is 0.193. The van der Waals surface area contributed by atoms with E-state index in [1.807, 2.05) is 11.3 Å². The van der Waals surface area contributed by atoms with Gasteiger partial charge in [0.2, 0.25) is 0 Å². The number of anilines is 3. The smallest absolute Gasteiger partial charge is 0.0541 e. The largest absolute Gasteiger partial charge is 0.310 e. The van der Waals surface area contributed by atoms with E-state index in [1.54, 1.807) is 0 Å². The van der Waals surface area contributed by atoms with Crippen molar-refractivity contribution in [3.8, 4) is 16.8 Å². The second kappa shape index (κ2) is 10.5. The van der Waals surface area contributed by atoms with Gasteiger partial charge in [0.15, 0.2) is 0 Å². The van der Waals surface area contributed by atoms with Crippen molar-refractivity contribution >= 4 is 70.4 Å². The molecule has 0 saturated heterocycles. The fraction of sp³-hybridized carbons (Fsp3) is 0. The van der Waals surface area contributed by atoms with E-state index in [4.69, 9.17) is 0 Å². The molecule has 2 heterocycles. The third kappa shape index (κ3) is 4.32. The number of rotatable bonds is 5. The molecule has 0 radical (unpaired) electrons. The lowest BCUT2D eigenvalue weighted by Crippen LogP contribution is -2.09. The minimum atomic E-state index is 1.14. The molecule has 0 spiro atoms. The van der Waals surface area contributed by atoms with Crippen molar-refractivity contribution in [1.29, 1.82) is 0 Å². The summed E-state index contributed by atoms with van der Waals surface area (Å²) in [5.41, 5.74) is 9.53. The van der Waals surface area contributed by atoms with Crippen LogP contribution in [0.25, 0.3) is 58.8 Å². The van der Waals surface area contributed by atoms with Crippen molar-refractivity contribution in [2.45, 2.75) is 0 Å². The lowest BCUT2D eigenvalue weighted by atomic mass is 10.0. The van der Waals surface area contributed by atoms with E-state index >= 15 is 0 Å². The van der Waals surface area contributed by atoms with Gasteiger partial charge in [-0.25, -0.2) is 0 Å². The third-order valence-electron chi connectivity index (χ3n) is 8.76. The van der Waals surface area contributed by atoms with Crippen molar-refractivity contribution in [3.05, 3.63) is 170 Å². The number of benzene rings is 7. The Morgan fingerprint density at radius 2 is 0.911 bits per heavy atom. The van der Waals surface area contributed by atoms with Crippen LogP contribution in [0.15, 0.2) is 170 Å². The molecule has 0 atom stereocenters. The van der Waals surface area contributed by atoms with Gasteiger partial charge in [0, 0.05) is 53.7 Å². The van der Waals surface area contributed by atoms with Crippen molar-refractivity contribution in [2.75, 3.05) is 4.90 Å². The first-order valence-corrected chi connectivity index (χ1v) is 16.1. The van der Waals surface area contributed by atoms with Crippen molar-refractivity contribution in [2.24, 2.45) is 0 Å². The van der Waals surface area contributed by atoms with Gasteiger partial charge in [-0.2, -0.15) is 0 Å². The summed E-state index contributed by atoms with van der Waals surface area (Å²) >= 11 is 1.86. The molecule has 2 nitrogen and oxygen atoms in total. The van der Waals surface area contributed by atoms with Crippen LogP contribution >= 0.6 is 11.3 Å². The van der Waals surface area contributed by atoms with E-state index < -0.39 is 0 Å². The number of hydrogen-bond acceptors (Lipinski definition) is 2. The average Bonchev–Trinajstić information content (AvgIpc) is 3.64. The lowest BCUT2D eigenvalue weighted by molar-refractivity contribution is 1.18. The van der Waals surface area contributed by atoms with Gasteiger partial charge >= 0.3 is 0 Å². The van der Waals surface area contributed by atoms with E-state index in [2.05, 4.69) is 179 Å². The SMILES string of the molecule is c1ccc(N(c2ccccc2)c2ccc3sc4ccc(-c5ccc6c(c5)c5ccccc5n6-c5ccccc5)cc4c3c2)cc1. The summed E-state index contributed by atoms with van der Waals surface area (Å²) in [7, 11) is 0. The van der Waals surface area contributed by atoms with E-state index in [0.717, 1.165) is 17.1 Å². The van der Waals surface area contributed by atoms with Crippen molar-refractivity contribution in [3.63, 3.8) is 0 Å². The summed E-state index contributed by atoms with van der Waals surface area (Å²) in [5, 5.41) is 5.12. The maximum absolute atomic E-state index is 2.38. The zero-order chi connectivity index (χ0) is 29.7. The second-order valence-corrected chi connectivity index (χ2v) is 12.5. The highest BCUT2D eigenvalue weighted by Crippen LogP contribution is 2.42. The van der Waals surface area contributed by atoms with Crippen LogP contribution in [0.5, 0.6) is 0 Å². The fourth-order valence-corrected chi connectivity index (χ4v) is 7.76. The highest BCUT2D eigenvalue weighted by molar-refractivity contribution is 7.25. The molecule has 3 heteroatoms. The normalized spacial score (nSPS) is 11.6. The zero-order valence-corrected chi connectivity index (χ0v) is 25.3. The first-order valence-electron chi connectivity index (χ1n) is 15.3. The molecule has 9 rings (SSSR count). The van der Waals surface area contributed by atoms with E-state index in [-0.39, 0.29) is 0 Å². The fourth-order valence-electron chi connectivity index (χ4n) is 6.69. The predicted molar refractivity (Wildman–Crippen MR) is 194 cm³/mol. The molecule has 0 bridgehead atoms. The first kappa shape index (κ1) is 25.8. The standard InChI is InChI=1S/C42H28N2S/c1-4-12-31(13-5-1)43(32-14-6-2-7-15-32)34-22-25-42-38(28-34)37-27-30(21-24-41(37)45-42)29-20-23-40-36(26-29)35-18-10-11-19-39(35)44(40)33-16-8-3-9-17-33/h1-28H. The number of aromatic nitrogens is 1. The molecule has 0 amide bonds. The van der Waals surface area contributed by atoms with Crippen LogP contribution in [-0.2, 0) is 0 Å². The number of thiophene rings is 1. The average molecular weight is 593 g/mol. The van der Waals surface area contributed by atoms with Gasteiger partial charge in [-0.3, -0.25) is 0 Å². The predicted octanol–water partition coefficient (Wildman–Crippen LogP) is 12.3. The summed E-state index contributed by atoms with van der Waals surface area (Å²) in [6, 6.07) is 61.3. The van der Waals surface area contributed by atoms with Crippen LogP contribution in [0, 0.1) is 0 Å². The summed E-state index contributed by atoms with van der Waals surface area (Å²) in [6.45, 7) is 0. The van der Waals surface area contributed by atoms with Crippen molar-refractivity contribution in [1.82, 2.24) is 4.57 Å². The maximum atomic E-state index is 2.38. The monoisotopic (exact) mass is 592 g/mol. The van der Waals surface area contributed by atoms with Gasteiger partial charge in [0.25, 0.3) is 0 Å². The van der Waals surface area contributed by atoms with Crippen molar-refractivity contribution < 1.29 is 0 Å². The second-order valence-electron chi connectivity index (χ2n) is 11.4. The van der Waals surface area contributed by atoms with Crippen LogP contribution < -0.4 is 4.90 Å². The van der Waals surface area contributed by atoms with Crippen LogP contribution in [0.2, 0.25) is 0 Å². The molecule has 9 aromatic rings. The molecule has 0 aliphatic heterocycles. The third-order valence-corrected chi connectivity index (χ3v) is 9.91. The summed E-state index contributed by atoms with van der Waals surface area (Å²) < 4.78 is 4.98. The van der Waals surface area contributed by atoms with Gasteiger partial charge in [0.05, 0.1) is 11.0 Å². The molecule has 0 saturated carbocycles. The van der Waals surface area contributed by atoms with Gasteiger partial charge in [-0.1, -0.05) is 84.9 Å². The Morgan fingerprint density at radius 1 is 0.378 bits per heavy atom. The summed E-state index contributed by atoms with van der Waals surface area (Å²) in [5.74, 6) is 0. The van der Waals surface area contributed by atoms with Gasteiger partial charge in [0.1, 0.15) is 0 Å². The van der Waals surface area contributed by atoms with Gasteiger partial charge in [-0.05, 0) is 96.1 Å². The van der Waals surface area contributed by atoms with E-state index in [1.165, 1.54) is 58.8 Å². The molecule has 0 N–H and O–H groups in total. The minimum absolute atomic E-state index is 1.14. The number of fused-ring (bicyclic) bond motifs is 6. The number of para-hydroxylation sites is 4. The Bertz CT molecular complexity index is 2440. The van der Waals surface area contributed by atoms with E-state index in [0.29, 0.717) is 0 Å². The van der Waals surface area contributed by atoms with E-state index in [9.17, 15) is 0 Å². The van der Waals surface area contributed by atoms with Gasteiger partial charge in [-0.15, -0.1) is 11.3 Å². The lowest BCUT2D eigenvalue weighted by Gasteiger charge is -2.25. The number of hydrogen-bond donors (Lipinski definition) is 0. The molecular formula is C42H28N2S. The summed E-state index contributed by atoms with van der Waals surface area (Å²) in [4.78, 5) is 2.34. The molecular weight excluding hydrogens is 565 g/mol. The molecule has 212 valence electrons. The van der Waals surface area contributed by atoms with Gasteiger partial charge < -0.3 is 9.47 Å². The molecule has 2 aromatic heterocycles. The Hall–Kier alpha value is -5.64. The molecule has 0 unspecified atom stereocenters. The Kier molecular flexibility index (Phi) is 6.03. The zero-order valence-electron chi connectivity index (χ0n) is 24.5. The maximum Gasteiger partial charge on any atom is 0.0541 e. The molecule has 0 aliphatic rings. The van der Waals surface area contributed by atoms with Crippen LogP contribution in [-0.4, -0.2) is 4.57 Å². The minimum Gasteiger partial charge on any atom is -0.310 e. The highest BCUT2D eigenvalue weighted by Gasteiger charge is 2.16. The molecule has 0 aliphatic carbocycles. The van der Waals surface area contributed by atoms with Crippen LogP contribution in [0.1, 0.15) is 0 Å². The molecule has 0 fully saturated rings. The number of nitrogens with zero attached hydrogens (tertiary/aromatic N) is 2. The van der Waals surface area contributed by atoms with Crippen LogP contribution in [0.4, 0.5) is 17.1 Å². The Labute approximate surface area is 265 Å². The van der Waals surface area contributed by atoms with Crippen LogP contribution in [0.3, 0.4) is 0 Å². The Balaban J connectivity index is 1.20. The first-order chi connectivity index (χ1) is 22.3. The Morgan fingerprint density at radius 3 is 1.62 bits per heavy atom. The molecule has 7 aromatic carbocycles. The highest BCUT2D eigenvalue weighted by atomic mass is 32.1. The summed E-state index contributed by atoms with van der Waals surface area (Å²) in [6.07, 6.45) is 0. The molecule has 45 heavy (non-hydrogen) atoms. The topological polar surface area (TPSA) is 8.17 Å².